The first kappa shape index (κ1) is 14.4. The predicted molar refractivity (Wildman–Crippen MR) is 71.8 cm³/mol. The smallest absolute Gasteiger partial charge is 0.130 e. The van der Waals surface area contributed by atoms with Crippen LogP contribution < -0.4 is 5.73 Å². The van der Waals surface area contributed by atoms with Crippen molar-refractivity contribution in [2.24, 2.45) is 5.73 Å². The van der Waals surface area contributed by atoms with Crippen molar-refractivity contribution >= 4 is 0 Å². The zero-order chi connectivity index (χ0) is 14.0. The molecule has 2 unspecified atom stereocenters. The van der Waals surface area contributed by atoms with Crippen LogP contribution in [0, 0.1) is 11.6 Å². The van der Waals surface area contributed by atoms with Crippen LogP contribution in [0.15, 0.2) is 18.2 Å². The highest BCUT2D eigenvalue weighted by molar-refractivity contribution is 5.23. The molecule has 0 saturated carbocycles. The quantitative estimate of drug-likeness (QED) is 0.904. The zero-order valence-corrected chi connectivity index (χ0v) is 11.4. The van der Waals surface area contributed by atoms with Gasteiger partial charge in [0.15, 0.2) is 0 Å². The average Bonchev–Trinajstić information content (AvgIpc) is 2.37. The zero-order valence-electron chi connectivity index (χ0n) is 11.4. The molecule has 5 heteroatoms. The normalized spacial score (nSPS) is 23.5. The van der Waals surface area contributed by atoms with E-state index in [2.05, 4.69) is 23.8 Å². The Morgan fingerprint density at radius 1 is 1.37 bits per heavy atom. The van der Waals surface area contributed by atoms with Gasteiger partial charge < -0.3 is 10.6 Å². The molecule has 0 aromatic heterocycles. The monoisotopic (exact) mass is 269 g/mol. The van der Waals surface area contributed by atoms with E-state index in [1.54, 1.807) is 0 Å². The second kappa shape index (κ2) is 5.94. The molecule has 1 aliphatic heterocycles. The number of rotatable bonds is 3. The molecule has 1 aromatic carbocycles. The van der Waals surface area contributed by atoms with E-state index in [-0.39, 0.29) is 6.04 Å². The summed E-state index contributed by atoms with van der Waals surface area (Å²) in [7, 11) is 2.08. The summed E-state index contributed by atoms with van der Waals surface area (Å²) in [6, 6.07) is 3.95. The summed E-state index contributed by atoms with van der Waals surface area (Å²) < 4.78 is 26.9. The maximum Gasteiger partial charge on any atom is 0.130 e. The Labute approximate surface area is 113 Å². The Kier molecular flexibility index (Phi) is 4.50. The Morgan fingerprint density at radius 3 is 2.68 bits per heavy atom. The third-order valence-corrected chi connectivity index (χ3v) is 3.98. The minimum absolute atomic E-state index is 0.184. The van der Waals surface area contributed by atoms with E-state index in [0.29, 0.717) is 18.2 Å². The predicted octanol–water partition coefficient (Wildman–Crippen LogP) is 1.60. The standard InChI is InChI=1S/C14H21F2N3/c1-10-9-19(6-5-18(10)2)14(8-17)12-4-3-11(15)7-13(12)16/h3-4,7,10,14H,5-6,8-9,17H2,1-2H3. The molecule has 1 heterocycles. The summed E-state index contributed by atoms with van der Waals surface area (Å²) in [5.74, 6) is -1.06. The maximum atomic E-state index is 13.9. The van der Waals surface area contributed by atoms with E-state index >= 15 is 0 Å². The second-order valence-corrected chi connectivity index (χ2v) is 5.24. The van der Waals surface area contributed by atoms with Crippen LogP contribution in [-0.4, -0.2) is 49.1 Å². The SMILES string of the molecule is CC1CN(C(CN)c2ccc(F)cc2F)CCN1C. The molecular formula is C14H21F2N3. The van der Waals surface area contributed by atoms with Crippen LogP contribution in [0.4, 0.5) is 8.78 Å². The van der Waals surface area contributed by atoms with Gasteiger partial charge in [-0.25, -0.2) is 8.78 Å². The molecule has 3 nitrogen and oxygen atoms in total. The lowest BCUT2D eigenvalue weighted by atomic mass is 10.0. The van der Waals surface area contributed by atoms with Crippen molar-refractivity contribution in [3.8, 4) is 0 Å². The number of piperazine rings is 1. The van der Waals surface area contributed by atoms with Gasteiger partial charge in [0.1, 0.15) is 11.6 Å². The van der Waals surface area contributed by atoms with Gasteiger partial charge in [0.05, 0.1) is 6.04 Å². The van der Waals surface area contributed by atoms with Crippen LogP contribution in [0.2, 0.25) is 0 Å². The molecule has 2 atom stereocenters. The van der Waals surface area contributed by atoms with Crippen LogP contribution in [0.25, 0.3) is 0 Å². The molecule has 0 aliphatic carbocycles. The number of hydrogen-bond donors (Lipinski definition) is 1. The third-order valence-electron chi connectivity index (χ3n) is 3.98. The molecule has 0 bridgehead atoms. The van der Waals surface area contributed by atoms with Crippen molar-refractivity contribution in [3.63, 3.8) is 0 Å². The number of halogens is 2. The highest BCUT2D eigenvalue weighted by Crippen LogP contribution is 2.25. The van der Waals surface area contributed by atoms with Gasteiger partial charge in [0.2, 0.25) is 0 Å². The van der Waals surface area contributed by atoms with E-state index in [9.17, 15) is 8.78 Å². The molecule has 2 N–H and O–H groups in total. The van der Waals surface area contributed by atoms with E-state index in [0.717, 1.165) is 25.7 Å². The fourth-order valence-corrected chi connectivity index (χ4v) is 2.60. The molecule has 0 amide bonds. The number of nitrogens with two attached hydrogens (primary N) is 1. The Hall–Kier alpha value is -1.04. The van der Waals surface area contributed by atoms with Gasteiger partial charge in [-0.15, -0.1) is 0 Å². The summed E-state index contributed by atoms with van der Waals surface area (Å²) in [5, 5.41) is 0. The number of benzene rings is 1. The summed E-state index contributed by atoms with van der Waals surface area (Å²) >= 11 is 0. The topological polar surface area (TPSA) is 32.5 Å². The van der Waals surface area contributed by atoms with Crippen molar-refractivity contribution in [1.82, 2.24) is 9.80 Å². The summed E-state index contributed by atoms with van der Waals surface area (Å²) in [6.07, 6.45) is 0. The van der Waals surface area contributed by atoms with Crippen LogP contribution >= 0.6 is 0 Å². The van der Waals surface area contributed by atoms with Gasteiger partial charge in [-0.1, -0.05) is 6.07 Å². The third kappa shape index (κ3) is 3.11. The number of likely N-dealkylation sites (N-methyl/N-ethyl adjacent to an activating group) is 1. The lowest BCUT2D eigenvalue weighted by Crippen LogP contribution is -2.52. The molecule has 106 valence electrons. The molecule has 0 spiro atoms. The molecule has 1 aromatic rings. The minimum atomic E-state index is -0.552. The fraction of sp³-hybridized carbons (Fsp3) is 0.571. The molecule has 1 fully saturated rings. The van der Waals surface area contributed by atoms with Crippen molar-refractivity contribution in [1.29, 1.82) is 0 Å². The first-order valence-electron chi connectivity index (χ1n) is 6.62. The molecule has 1 aliphatic rings. The van der Waals surface area contributed by atoms with Crippen molar-refractivity contribution in [3.05, 3.63) is 35.4 Å². The van der Waals surface area contributed by atoms with Gasteiger partial charge in [-0.05, 0) is 20.0 Å². The average molecular weight is 269 g/mol. The first-order chi connectivity index (χ1) is 9.02. The lowest BCUT2D eigenvalue weighted by Gasteiger charge is -2.41. The first-order valence-corrected chi connectivity index (χ1v) is 6.62. The van der Waals surface area contributed by atoms with Gasteiger partial charge >= 0.3 is 0 Å². The summed E-state index contributed by atoms with van der Waals surface area (Å²) in [5.41, 5.74) is 6.29. The van der Waals surface area contributed by atoms with Gasteiger partial charge in [-0.3, -0.25) is 4.90 Å². The molecular weight excluding hydrogens is 248 g/mol. The Bertz CT molecular complexity index is 439. The molecule has 1 saturated heterocycles. The number of hydrogen-bond acceptors (Lipinski definition) is 3. The Morgan fingerprint density at radius 2 is 2.11 bits per heavy atom. The van der Waals surface area contributed by atoms with Crippen molar-refractivity contribution < 1.29 is 8.78 Å². The van der Waals surface area contributed by atoms with E-state index in [1.807, 2.05) is 0 Å². The Balaban J connectivity index is 2.20. The minimum Gasteiger partial charge on any atom is -0.329 e. The van der Waals surface area contributed by atoms with Crippen LogP contribution in [0.3, 0.4) is 0 Å². The van der Waals surface area contributed by atoms with Gasteiger partial charge in [0, 0.05) is 43.9 Å². The lowest BCUT2D eigenvalue weighted by molar-refractivity contribution is 0.0729. The van der Waals surface area contributed by atoms with E-state index in [1.165, 1.54) is 12.1 Å². The van der Waals surface area contributed by atoms with E-state index < -0.39 is 11.6 Å². The van der Waals surface area contributed by atoms with Gasteiger partial charge in [0.25, 0.3) is 0 Å². The molecule has 0 radical (unpaired) electrons. The van der Waals surface area contributed by atoms with Gasteiger partial charge in [-0.2, -0.15) is 0 Å². The van der Waals surface area contributed by atoms with Crippen LogP contribution in [0.5, 0.6) is 0 Å². The second-order valence-electron chi connectivity index (χ2n) is 5.24. The molecule has 19 heavy (non-hydrogen) atoms. The summed E-state index contributed by atoms with van der Waals surface area (Å²) in [4.78, 5) is 4.45. The molecule has 2 rings (SSSR count). The van der Waals surface area contributed by atoms with E-state index in [4.69, 9.17) is 5.73 Å². The highest BCUT2D eigenvalue weighted by atomic mass is 19.1. The van der Waals surface area contributed by atoms with Crippen LogP contribution in [-0.2, 0) is 0 Å². The maximum absolute atomic E-state index is 13.9. The number of nitrogens with zero attached hydrogens (tertiary/aromatic N) is 2. The largest absolute Gasteiger partial charge is 0.329 e. The fourth-order valence-electron chi connectivity index (χ4n) is 2.60. The van der Waals surface area contributed by atoms with Crippen LogP contribution in [0.1, 0.15) is 18.5 Å². The highest BCUT2D eigenvalue weighted by Gasteiger charge is 2.28. The summed E-state index contributed by atoms with van der Waals surface area (Å²) in [6.45, 7) is 5.09. The van der Waals surface area contributed by atoms with Crippen molar-refractivity contribution in [2.75, 3.05) is 33.2 Å². The van der Waals surface area contributed by atoms with Crippen molar-refractivity contribution in [2.45, 2.75) is 19.0 Å².